The number of para-hydroxylation sites is 1. The first-order valence-corrected chi connectivity index (χ1v) is 8.78. The second-order valence-corrected chi connectivity index (χ2v) is 6.83. The molecular formula is C15H18N4O4S. The summed E-state index contributed by atoms with van der Waals surface area (Å²) in [5.41, 5.74) is 1.00. The molecule has 0 aromatic heterocycles. The maximum atomic E-state index is 12.0. The van der Waals surface area contributed by atoms with E-state index >= 15 is 0 Å². The Morgan fingerprint density at radius 1 is 1.33 bits per heavy atom. The van der Waals surface area contributed by atoms with E-state index in [1.165, 1.54) is 6.07 Å². The lowest BCUT2D eigenvalue weighted by atomic mass is 10.1. The van der Waals surface area contributed by atoms with Crippen molar-refractivity contribution in [2.75, 3.05) is 16.9 Å². The molecule has 24 heavy (non-hydrogen) atoms. The van der Waals surface area contributed by atoms with Crippen LogP contribution in [0.3, 0.4) is 0 Å². The van der Waals surface area contributed by atoms with Crippen molar-refractivity contribution in [3.8, 4) is 0 Å². The number of amides is 2. The fraction of sp³-hybridized carbons (Fsp3) is 0.333. The molecule has 3 N–H and O–H groups in total. The summed E-state index contributed by atoms with van der Waals surface area (Å²) in [6, 6.07) is 6.23. The molecule has 1 saturated heterocycles. The molecule has 2 rings (SSSR count). The number of nitrogens with one attached hydrogen (secondary N) is 2. The first-order chi connectivity index (χ1) is 11.5. The lowest BCUT2D eigenvalue weighted by Crippen LogP contribution is -2.15. The van der Waals surface area contributed by atoms with Crippen molar-refractivity contribution >= 4 is 39.9 Å². The summed E-state index contributed by atoms with van der Waals surface area (Å²) in [5.74, 6) is -0.529. The minimum absolute atomic E-state index is 0.0218. The zero-order valence-electron chi connectivity index (χ0n) is 13.1. The number of carbonyl (C=O) groups excluding carboxylic acids is 2. The molecule has 0 saturated carbocycles. The molecule has 0 bridgehead atoms. The van der Waals surface area contributed by atoms with Crippen molar-refractivity contribution in [2.24, 2.45) is 9.57 Å². The smallest absolute Gasteiger partial charge is 0.337 e. The van der Waals surface area contributed by atoms with Gasteiger partial charge in [0.05, 0.1) is 22.9 Å². The van der Waals surface area contributed by atoms with Crippen molar-refractivity contribution in [3.63, 3.8) is 0 Å². The zero-order valence-corrected chi connectivity index (χ0v) is 13.9. The number of rotatable bonds is 6. The van der Waals surface area contributed by atoms with Crippen LogP contribution in [0.25, 0.3) is 0 Å². The van der Waals surface area contributed by atoms with E-state index in [9.17, 15) is 14.4 Å². The van der Waals surface area contributed by atoms with Gasteiger partial charge in [0.25, 0.3) is 0 Å². The number of carbonyl (C=O) groups is 3. The van der Waals surface area contributed by atoms with Gasteiger partial charge in [0.2, 0.25) is 11.8 Å². The van der Waals surface area contributed by atoms with Crippen molar-refractivity contribution in [1.82, 2.24) is 5.32 Å². The zero-order chi connectivity index (χ0) is 17.5. The molecule has 0 radical (unpaired) electrons. The molecule has 1 aromatic rings. The summed E-state index contributed by atoms with van der Waals surface area (Å²) < 4.78 is 4.10. The number of carboxylic acids is 1. The van der Waals surface area contributed by atoms with Crippen LogP contribution in [0.5, 0.6) is 0 Å². The number of benzene rings is 1. The van der Waals surface area contributed by atoms with Crippen LogP contribution in [0.4, 0.5) is 5.69 Å². The third-order valence-electron chi connectivity index (χ3n) is 3.21. The summed E-state index contributed by atoms with van der Waals surface area (Å²) in [4.78, 5) is 34.1. The van der Waals surface area contributed by atoms with Gasteiger partial charge in [0.15, 0.2) is 0 Å². The molecular weight excluding hydrogens is 332 g/mol. The quantitative estimate of drug-likeness (QED) is 0.530. The summed E-state index contributed by atoms with van der Waals surface area (Å²) in [7, 11) is -0.421. The van der Waals surface area contributed by atoms with Gasteiger partial charge in [-0.2, -0.15) is 5.10 Å². The van der Waals surface area contributed by atoms with Crippen LogP contribution in [0.2, 0.25) is 0 Å². The summed E-state index contributed by atoms with van der Waals surface area (Å²) in [6.45, 7) is 1.76. The monoisotopic (exact) mass is 350 g/mol. The molecule has 1 aromatic carbocycles. The topological polar surface area (TPSA) is 120 Å². The van der Waals surface area contributed by atoms with Gasteiger partial charge in [-0.1, -0.05) is 12.1 Å². The Morgan fingerprint density at radius 3 is 2.75 bits per heavy atom. The predicted octanol–water partition coefficient (Wildman–Crippen LogP) is 1.37. The Morgan fingerprint density at radius 2 is 2.08 bits per heavy atom. The van der Waals surface area contributed by atoms with Crippen molar-refractivity contribution in [2.45, 2.75) is 19.8 Å². The Bertz CT molecular complexity index is 730. The molecule has 8 nitrogen and oxygen atoms in total. The van der Waals surface area contributed by atoms with E-state index in [2.05, 4.69) is 20.2 Å². The maximum Gasteiger partial charge on any atom is 0.337 e. The molecule has 0 aliphatic carbocycles. The van der Waals surface area contributed by atoms with Crippen LogP contribution in [-0.4, -0.2) is 40.2 Å². The van der Waals surface area contributed by atoms with Gasteiger partial charge in [-0.25, -0.2) is 4.79 Å². The Labute approximate surface area is 141 Å². The van der Waals surface area contributed by atoms with E-state index in [-0.39, 0.29) is 29.5 Å². The third kappa shape index (κ3) is 5.27. The number of anilines is 1. The van der Waals surface area contributed by atoms with Crippen LogP contribution >= 0.6 is 0 Å². The average molecular weight is 350 g/mol. The first kappa shape index (κ1) is 17.8. The lowest BCUT2D eigenvalue weighted by Gasteiger charge is -2.07. The Balaban J connectivity index is 1.87. The fourth-order valence-corrected chi connectivity index (χ4v) is 3.14. The van der Waals surface area contributed by atoms with E-state index in [0.717, 1.165) is 0 Å². The molecule has 0 spiro atoms. The van der Waals surface area contributed by atoms with Crippen LogP contribution in [-0.2, 0) is 20.3 Å². The second kappa shape index (κ2) is 8.34. The summed E-state index contributed by atoms with van der Waals surface area (Å²) >= 11 is 0. The van der Waals surface area contributed by atoms with Gasteiger partial charge in [-0.05, 0) is 36.2 Å². The molecule has 1 fully saturated rings. The van der Waals surface area contributed by atoms with Crippen molar-refractivity contribution in [1.29, 1.82) is 0 Å². The highest BCUT2D eigenvalue weighted by Gasteiger charge is 2.14. The Kier molecular flexibility index (Phi) is 6.19. The van der Waals surface area contributed by atoms with Gasteiger partial charge in [0, 0.05) is 12.1 Å². The normalized spacial score (nSPS) is 17.6. The second-order valence-electron chi connectivity index (χ2n) is 5.17. The van der Waals surface area contributed by atoms with Gasteiger partial charge in [-0.3, -0.25) is 9.59 Å². The summed E-state index contributed by atoms with van der Waals surface area (Å²) in [5, 5.41) is 18.4. The van der Waals surface area contributed by atoms with E-state index in [1.807, 2.05) is 0 Å². The molecule has 1 heterocycles. The standard InChI is InChI=1S/C15H18N4O4S/c1-10(18-19-24-8-14(21)16-9-24)6-7-13(20)17-12-5-3-2-4-11(12)15(22)23/h2-5H,6-9H2,1H3,(H,16,21)(H,17,20)(H,22,23)/b18-10+. The van der Waals surface area contributed by atoms with Gasteiger partial charge >= 0.3 is 5.97 Å². The van der Waals surface area contributed by atoms with E-state index < -0.39 is 16.7 Å². The van der Waals surface area contributed by atoms with E-state index in [0.29, 0.717) is 23.8 Å². The van der Waals surface area contributed by atoms with Crippen LogP contribution in [0, 0.1) is 0 Å². The molecule has 2 amide bonds. The molecule has 1 aliphatic heterocycles. The molecule has 9 heteroatoms. The highest BCUT2D eigenvalue weighted by atomic mass is 32.2. The average Bonchev–Trinajstić information content (AvgIpc) is 2.97. The minimum Gasteiger partial charge on any atom is -0.478 e. The fourth-order valence-electron chi connectivity index (χ4n) is 1.94. The molecule has 128 valence electrons. The van der Waals surface area contributed by atoms with Gasteiger partial charge < -0.3 is 15.7 Å². The summed E-state index contributed by atoms with van der Waals surface area (Å²) in [6.07, 6.45) is 0.576. The third-order valence-corrected chi connectivity index (χ3v) is 4.59. The van der Waals surface area contributed by atoms with E-state index in [1.54, 1.807) is 25.1 Å². The minimum atomic E-state index is -1.09. The molecule has 1 atom stereocenters. The number of aromatic carboxylic acids is 1. The van der Waals surface area contributed by atoms with E-state index in [4.69, 9.17) is 5.11 Å². The highest BCUT2D eigenvalue weighted by Crippen LogP contribution is 2.15. The van der Waals surface area contributed by atoms with Crippen molar-refractivity contribution < 1.29 is 19.5 Å². The van der Waals surface area contributed by atoms with Gasteiger partial charge in [-0.15, -0.1) is 4.47 Å². The highest BCUT2D eigenvalue weighted by molar-refractivity contribution is 7.88. The molecule has 1 aliphatic rings. The largest absolute Gasteiger partial charge is 0.478 e. The number of nitrogens with zero attached hydrogens (tertiary/aromatic N) is 2. The lowest BCUT2D eigenvalue weighted by molar-refractivity contribution is -0.118. The Hall–Kier alpha value is -2.55. The van der Waals surface area contributed by atoms with Crippen molar-refractivity contribution in [3.05, 3.63) is 29.8 Å². The number of carboxylic acid groups (broad SMARTS) is 1. The molecule has 1 unspecified atom stereocenters. The van der Waals surface area contributed by atoms with Crippen LogP contribution in [0.15, 0.2) is 33.8 Å². The SMILES string of the molecule is C/C(CCC(=O)Nc1ccccc1C(=O)O)=N\N=S1/CNC(=O)C1. The number of hydrogen-bond acceptors (Lipinski definition) is 4. The maximum absolute atomic E-state index is 12.0. The van der Waals surface area contributed by atoms with Crippen LogP contribution < -0.4 is 10.6 Å². The van der Waals surface area contributed by atoms with Gasteiger partial charge in [0.1, 0.15) is 0 Å². The predicted molar refractivity (Wildman–Crippen MR) is 92.0 cm³/mol. The van der Waals surface area contributed by atoms with Crippen LogP contribution in [0.1, 0.15) is 30.1 Å². The number of hydrogen-bond donors (Lipinski definition) is 3. The first-order valence-electron chi connectivity index (χ1n) is 7.26.